The summed E-state index contributed by atoms with van der Waals surface area (Å²) in [7, 11) is 0. The molecule has 0 radical (unpaired) electrons. The van der Waals surface area contributed by atoms with Crippen molar-refractivity contribution in [2.24, 2.45) is 5.41 Å². The normalized spacial score (nSPS) is 14.7. The summed E-state index contributed by atoms with van der Waals surface area (Å²) in [5, 5.41) is 27.0. The third-order valence-electron chi connectivity index (χ3n) is 3.50. The predicted molar refractivity (Wildman–Crippen MR) is 96.6 cm³/mol. The molecule has 0 aliphatic rings. The molecule has 2 unspecified atom stereocenters. The Morgan fingerprint density at radius 2 is 1.44 bits per heavy atom. The van der Waals surface area contributed by atoms with Crippen LogP contribution in [0.2, 0.25) is 0 Å². The van der Waals surface area contributed by atoms with Crippen molar-refractivity contribution in [3.63, 3.8) is 0 Å². The number of hydrogen-bond donors (Lipinski definition) is 3. The lowest BCUT2D eigenvalue weighted by molar-refractivity contribution is -0.140. The summed E-state index contributed by atoms with van der Waals surface area (Å²) in [5.41, 5.74) is -0.723. The lowest BCUT2D eigenvalue weighted by atomic mass is 9.92. The molecule has 0 spiro atoms. The number of rotatable bonds is 19. The molecule has 0 rings (SSSR count). The molecule has 160 valence electrons. The maximum absolute atomic E-state index is 11.1. The van der Waals surface area contributed by atoms with E-state index in [1.165, 1.54) is 6.92 Å². The van der Waals surface area contributed by atoms with Crippen molar-refractivity contribution < 1.29 is 43.9 Å². The Bertz CT molecular complexity index is 376. The number of hydrogen-bond acceptors (Lipinski definition) is 8. The van der Waals surface area contributed by atoms with Crippen molar-refractivity contribution in [1.82, 2.24) is 0 Å². The van der Waals surface area contributed by atoms with Crippen LogP contribution in [0.1, 0.15) is 33.1 Å². The monoisotopic (exact) mass is 394 g/mol. The molecular weight excluding hydrogens is 360 g/mol. The summed E-state index contributed by atoms with van der Waals surface area (Å²) in [4.78, 5) is 21.7. The maximum Gasteiger partial charge on any atom is 0.305 e. The van der Waals surface area contributed by atoms with E-state index >= 15 is 0 Å². The summed E-state index contributed by atoms with van der Waals surface area (Å²) in [5.74, 6) is -0.939. The first-order valence-electron chi connectivity index (χ1n) is 9.12. The summed E-state index contributed by atoms with van der Waals surface area (Å²) in [6.45, 7) is 4.56. The number of carboxylic acid groups (broad SMARTS) is 1. The van der Waals surface area contributed by atoms with Crippen molar-refractivity contribution in [1.29, 1.82) is 0 Å². The number of carbonyl (C=O) groups excluding carboxylic acids is 1. The van der Waals surface area contributed by atoms with Crippen LogP contribution in [-0.2, 0) is 28.5 Å². The van der Waals surface area contributed by atoms with Crippen LogP contribution in [0.15, 0.2) is 0 Å². The molecule has 0 bridgehead atoms. The first kappa shape index (κ1) is 25.9. The van der Waals surface area contributed by atoms with Crippen LogP contribution < -0.4 is 0 Å². The van der Waals surface area contributed by atoms with E-state index in [0.717, 1.165) is 0 Å². The highest BCUT2D eigenvalue weighted by Crippen LogP contribution is 2.21. The number of ether oxygens (including phenoxy) is 4. The topological polar surface area (TPSA) is 132 Å². The second kappa shape index (κ2) is 15.9. The van der Waals surface area contributed by atoms with Gasteiger partial charge in [-0.2, -0.15) is 0 Å². The molecule has 0 aromatic heterocycles. The average molecular weight is 394 g/mol. The van der Waals surface area contributed by atoms with E-state index in [2.05, 4.69) is 0 Å². The maximum atomic E-state index is 11.1. The highest BCUT2D eigenvalue weighted by molar-refractivity contribution is 5.75. The number of Topliss-reactive ketones (excluding diaryl/α,β-unsaturated/α-hetero) is 1. The van der Waals surface area contributed by atoms with Gasteiger partial charge in [-0.05, 0) is 20.3 Å². The molecule has 0 saturated heterocycles. The first-order chi connectivity index (χ1) is 12.8. The van der Waals surface area contributed by atoms with E-state index in [0.29, 0.717) is 13.0 Å². The highest BCUT2D eigenvalue weighted by atomic mass is 16.5. The lowest BCUT2D eigenvalue weighted by Crippen LogP contribution is -2.42. The van der Waals surface area contributed by atoms with Crippen LogP contribution in [0, 0.1) is 5.41 Å². The van der Waals surface area contributed by atoms with Crippen molar-refractivity contribution >= 4 is 11.8 Å². The first-order valence-corrected chi connectivity index (χ1v) is 9.12. The van der Waals surface area contributed by atoms with E-state index in [-0.39, 0.29) is 71.5 Å². The fourth-order valence-corrected chi connectivity index (χ4v) is 2.10. The third-order valence-corrected chi connectivity index (χ3v) is 3.50. The Labute approximate surface area is 160 Å². The lowest BCUT2D eigenvalue weighted by Gasteiger charge is -2.33. The molecule has 0 aliphatic carbocycles. The molecule has 0 saturated carbocycles. The molecule has 2 atom stereocenters. The van der Waals surface area contributed by atoms with Crippen molar-refractivity contribution in [2.45, 2.75) is 39.2 Å². The molecule has 0 heterocycles. The van der Waals surface area contributed by atoms with Crippen LogP contribution in [0.3, 0.4) is 0 Å². The quantitative estimate of drug-likeness (QED) is 0.264. The number of aliphatic carboxylic acids is 1. The number of ketones is 1. The Kier molecular flexibility index (Phi) is 15.3. The zero-order chi connectivity index (χ0) is 20.5. The van der Waals surface area contributed by atoms with Gasteiger partial charge in [0.05, 0.1) is 64.2 Å². The van der Waals surface area contributed by atoms with Gasteiger partial charge in [0.25, 0.3) is 0 Å². The van der Waals surface area contributed by atoms with Crippen LogP contribution in [0.25, 0.3) is 0 Å². The number of aliphatic hydroxyl groups is 2. The fraction of sp³-hybridized carbons (Fsp3) is 0.889. The standard InChI is InChI=1S/C18H34O9/c1-15(20)4-8-25-12-18(11-24-7-3-6-19,14-27-10-16(2)21)13-26-9-5-17(22)23/h16,19,21H,3-14H2,1-2H3,(H,22,23). The minimum atomic E-state index is -0.956. The summed E-state index contributed by atoms with van der Waals surface area (Å²) in [6.07, 6.45) is 0.0109. The van der Waals surface area contributed by atoms with Gasteiger partial charge >= 0.3 is 5.97 Å². The molecule has 0 aromatic rings. The molecule has 0 fully saturated rings. The second-order valence-corrected chi connectivity index (χ2v) is 6.69. The van der Waals surface area contributed by atoms with Crippen LogP contribution in [0.4, 0.5) is 0 Å². The molecule has 3 N–H and O–H groups in total. The van der Waals surface area contributed by atoms with Gasteiger partial charge < -0.3 is 34.3 Å². The minimum Gasteiger partial charge on any atom is -0.481 e. The summed E-state index contributed by atoms with van der Waals surface area (Å²) >= 11 is 0. The van der Waals surface area contributed by atoms with Gasteiger partial charge in [-0.15, -0.1) is 0 Å². The smallest absolute Gasteiger partial charge is 0.305 e. The van der Waals surface area contributed by atoms with E-state index in [9.17, 15) is 14.7 Å². The molecule has 0 aliphatic heterocycles. The molecular formula is C18H34O9. The van der Waals surface area contributed by atoms with Crippen molar-refractivity contribution in [3.05, 3.63) is 0 Å². The zero-order valence-corrected chi connectivity index (χ0v) is 16.4. The molecule has 9 nitrogen and oxygen atoms in total. The third kappa shape index (κ3) is 15.6. The van der Waals surface area contributed by atoms with Gasteiger partial charge in [-0.25, -0.2) is 0 Å². The Hall–Kier alpha value is -1.10. The number of aliphatic hydroxyl groups excluding tert-OH is 2. The molecule has 27 heavy (non-hydrogen) atoms. The van der Waals surface area contributed by atoms with E-state index in [1.54, 1.807) is 6.92 Å². The summed E-state index contributed by atoms with van der Waals surface area (Å²) in [6, 6.07) is 0. The number of carboxylic acids is 1. The Morgan fingerprint density at radius 3 is 1.93 bits per heavy atom. The van der Waals surface area contributed by atoms with Gasteiger partial charge in [0.1, 0.15) is 5.78 Å². The van der Waals surface area contributed by atoms with E-state index in [1.807, 2.05) is 0 Å². The average Bonchev–Trinajstić information content (AvgIpc) is 2.59. The van der Waals surface area contributed by atoms with Crippen LogP contribution >= 0.6 is 0 Å². The SMILES string of the molecule is CC(=O)CCOCC(COCCCO)(COCCC(=O)O)COCC(C)O. The van der Waals surface area contributed by atoms with Crippen LogP contribution in [0.5, 0.6) is 0 Å². The fourth-order valence-electron chi connectivity index (χ4n) is 2.10. The minimum absolute atomic E-state index is 0.00967. The summed E-state index contributed by atoms with van der Waals surface area (Å²) < 4.78 is 22.3. The van der Waals surface area contributed by atoms with E-state index < -0.39 is 17.5 Å². The predicted octanol–water partition coefficient (Wildman–Crippen LogP) is 0.256. The Balaban J connectivity index is 4.83. The zero-order valence-electron chi connectivity index (χ0n) is 16.4. The van der Waals surface area contributed by atoms with Gasteiger partial charge in [0.15, 0.2) is 0 Å². The largest absolute Gasteiger partial charge is 0.481 e. The van der Waals surface area contributed by atoms with Gasteiger partial charge in [-0.3, -0.25) is 9.59 Å². The van der Waals surface area contributed by atoms with Crippen LogP contribution in [-0.4, -0.2) is 92.6 Å². The van der Waals surface area contributed by atoms with Crippen molar-refractivity contribution in [3.8, 4) is 0 Å². The van der Waals surface area contributed by atoms with E-state index in [4.69, 9.17) is 29.2 Å². The molecule has 0 aromatic carbocycles. The van der Waals surface area contributed by atoms with Gasteiger partial charge in [0.2, 0.25) is 0 Å². The van der Waals surface area contributed by atoms with Crippen molar-refractivity contribution in [2.75, 3.05) is 59.5 Å². The molecule has 9 heteroatoms. The van der Waals surface area contributed by atoms with Gasteiger partial charge in [0, 0.05) is 19.6 Å². The number of carbonyl (C=O) groups is 2. The molecule has 0 amide bonds. The Morgan fingerprint density at radius 1 is 0.926 bits per heavy atom. The second-order valence-electron chi connectivity index (χ2n) is 6.69. The highest BCUT2D eigenvalue weighted by Gasteiger charge is 2.32. The van der Waals surface area contributed by atoms with Gasteiger partial charge in [-0.1, -0.05) is 0 Å².